The zero-order valence-corrected chi connectivity index (χ0v) is 15.1. The molecule has 4 N–H and O–H groups in total. The number of para-hydroxylation sites is 1. The number of piperidine rings is 1. The van der Waals surface area contributed by atoms with Gasteiger partial charge >= 0.3 is 0 Å². The molecule has 0 spiro atoms. The molecule has 0 saturated carbocycles. The minimum Gasteiger partial charge on any atom is -0.451 e. The number of likely N-dealkylation sites (tertiary alicyclic amines) is 1. The van der Waals surface area contributed by atoms with Crippen LogP contribution in [0.3, 0.4) is 0 Å². The van der Waals surface area contributed by atoms with Crippen LogP contribution >= 0.6 is 11.3 Å². The normalized spacial score (nSPS) is 20.0. The monoisotopic (exact) mass is 386 g/mol. The molecule has 27 heavy (non-hydrogen) atoms. The number of carbonyl (C=O) groups is 2. The molecule has 0 unspecified atom stereocenters. The van der Waals surface area contributed by atoms with Crippen molar-refractivity contribution >= 4 is 39.3 Å². The molecule has 140 valence electrons. The lowest BCUT2D eigenvalue weighted by molar-refractivity contribution is 0.0351. The third kappa shape index (κ3) is 3.64. The lowest BCUT2D eigenvalue weighted by atomic mass is 10.0. The number of anilines is 1. The van der Waals surface area contributed by atoms with Crippen molar-refractivity contribution in [2.75, 3.05) is 18.8 Å². The zero-order chi connectivity index (χ0) is 19.0. The summed E-state index contributed by atoms with van der Waals surface area (Å²) >= 11 is 1.18. The Bertz CT molecular complexity index is 965. The number of carbonyl (C=O) groups excluding carboxylic acids is 2. The smallest absolute Gasteiger partial charge is 0.289 e. The maximum Gasteiger partial charge on any atom is 0.289 e. The molecular weight excluding hydrogens is 368 g/mol. The van der Waals surface area contributed by atoms with Gasteiger partial charge in [-0.15, -0.1) is 11.3 Å². The molecule has 2 aromatic heterocycles. The van der Waals surface area contributed by atoms with Crippen molar-refractivity contribution < 1.29 is 19.1 Å². The highest BCUT2D eigenvalue weighted by Gasteiger charge is 2.32. The van der Waals surface area contributed by atoms with E-state index in [1.54, 1.807) is 17.5 Å². The van der Waals surface area contributed by atoms with Crippen molar-refractivity contribution in [2.24, 2.45) is 0 Å². The van der Waals surface area contributed by atoms with Crippen LogP contribution in [0.5, 0.6) is 0 Å². The summed E-state index contributed by atoms with van der Waals surface area (Å²) in [5, 5.41) is 15.7. The van der Waals surface area contributed by atoms with Gasteiger partial charge in [0.05, 0.1) is 6.10 Å². The Labute approximate surface area is 158 Å². The number of nitrogens with one attached hydrogen (secondary N) is 1. The van der Waals surface area contributed by atoms with Crippen molar-refractivity contribution in [3.63, 3.8) is 0 Å². The number of furan rings is 1. The largest absolute Gasteiger partial charge is 0.451 e. The van der Waals surface area contributed by atoms with Gasteiger partial charge in [-0.05, 0) is 18.6 Å². The van der Waals surface area contributed by atoms with Crippen molar-refractivity contribution in [3.05, 3.63) is 47.2 Å². The topological polar surface area (TPSA) is 122 Å². The van der Waals surface area contributed by atoms with Crippen LogP contribution in [-0.4, -0.2) is 52.0 Å². The van der Waals surface area contributed by atoms with E-state index in [2.05, 4.69) is 10.3 Å². The average molecular weight is 386 g/mol. The van der Waals surface area contributed by atoms with Gasteiger partial charge in [-0.25, -0.2) is 4.98 Å². The number of nitrogens with two attached hydrogens (primary N) is 1. The summed E-state index contributed by atoms with van der Waals surface area (Å²) in [6, 6.07) is 8.65. The maximum absolute atomic E-state index is 12.8. The number of aliphatic hydroxyl groups excluding tert-OH is 1. The maximum atomic E-state index is 12.8. The van der Waals surface area contributed by atoms with Gasteiger partial charge in [0.1, 0.15) is 11.3 Å². The number of fused-ring (bicyclic) bond motifs is 1. The molecule has 0 aliphatic carbocycles. The fourth-order valence-corrected chi connectivity index (χ4v) is 3.78. The molecule has 0 radical (unpaired) electrons. The highest BCUT2D eigenvalue weighted by molar-refractivity contribution is 7.13. The van der Waals surface area contributed by atoms with E-state index in [0.717, 1.165) is 5.39 Å². The number of β-amino-alcohol motifs (C(OH)–C–C–N with tert-alkyl or cyclic N) is 1. The first-order valence-corrected chi connectivity index (χ1v) is 9.35. The fraction of sp³-hybridized carbons (Fsp3) is 0.278. The number of hydrogen-bond acceptors (Lipinski definition) is 7. The molecule has 8 nitrogen and oxygen atoms in total. The number of thiazole rings is 1. The van der Waals surface area contributed by atoms with E-state index in [4.69, 9.17) is 10.2 Å². The van der Waals surface area contributed by atoms with Crippen LogP contribution in [0.4, 0.5) is 5.13 Å². The van der Waals surface area contributed by atoms with Crippen LogP contribution in [0.2, 0.25) is 0 Å². The lowest BCUT2D eigenvalue weighted by Crippen LogP contribution is -2.54. The number of benzene rings is 1. The van der Waals surface area contributed by atoms with E-state index >= 15 is 0 Å². The highest BCUT2D eigenvalue weighted by atomic mass is 32.1. The van der Waals surface area contributed by atoms with Gasteiger partial charge in [-0.3, -0.25) is 9.59 Å². The fourth-order valence-electron chi connectivity index (χ4n) is 3.24. The van der Waals surface area contributed by atoms with Gasteiger partial charge in [0, 0.05) is 29.9 Å². The summed E-state index contributed by atoms with van der Waals surface area (Å²) in [6.45, 7) is 0.462. The molecule has 1 aliphatic heterocycles. The van der Waals surface area contributed by atoms with Gasteiger partial charge in [-0.1, -0.05) is 18.2 Å². The van der Waals surface area contributed by atoms with Crippen LogP contribution in [0.25, 0.3) is 11.0 Å². The SMILES string of the molecule is Nc1nc(C(=O)N[C@H]2C[C@@H](O)CN(C(=O)c3cc4ccccc4o3)C2)cs1. The second-order valence-electron chi connectivity index (χ2n) is 6.49. The Hall–Kier alpha value is -2.91. The summed E-state index contributed by atoms with van der Waals surface area (Å²) in [7, 11) is 0. The van der Waals surface area contributed by atoms with E-state index in [1.807, 2.05) is 18.2 Å². The van der Waals surface area contributed by atoms with E-state index in [1.165, 1.54) is 16.2 Å². The van der Waals surface area contributed by atoms with E-state index < -0.39 is 12.1 Å². The molecule has 3 aromatic rings. The minimum atomic E-state index is -0.738. The summed E-state index contributed by atoms with van der Waals surface area (Å²) in [6.07, 6.45) is -0.382. The Kier molecular flexibility index (Phi) is 4.54. The van der Waals surface area contributed by atoms with Gasteiger partial charge < -0.3 is 25.5 Å². The number of aliphatic hydroxyl groups is 1. The van der Waals surface area contributed by atoms with E-state index in [-0.39, 0.29) is 36.4 Å². The van der Waals surface area contributed by atoms with E-state index in [9.17, 15) is 14.7 Å². The molecule has 2 amide bonds. The first kappa shape index (κ1) is 17.5. The third-order valence-electron chi connectivity index (χ3n) is 4.44. The number of nitrogen functional groups attached to an aromatic ring is 1. The van der Waals surface area contributed by atoms with Gasteiger partial charge in [0.15, 0.2) is 10.9 Å². The summed E-state index contributed by atoms with van der Waals surface area (Å²) in [5.74, 6) is -0.483. The van der Waals surface area contributed by atoms with Crippen molar-refractivity contribution in [1.29, 1.82) is 0 Å². The van der Waals surface area contributed by atoms with Crippen LogP contribution in [0.1, 0.15) is 27.5 Å². The number of nitrogens with zero attached hydrogens (tertiary/aromatic N) is 2. The van der Waals surface area contributed by atoms with E-state index in [0.29, 0.717) is 17.1 Å². The molecule has 1 aliphatic rings. The van der Waals surface area contributed by atoms with Crippen LogP contribution in [0, 0.1) is 0 Å². The number of amides is 2. The quantitative estimate of drug-likeness (QED) is 0.627. The Morgan fingerprint density at radius 1 is 1.33 bits per heavy atom. The molecule has 1 aromatic carbocycles. The van der Waals surface area contributed by atoms with Crippen molar-refractivity contribution in [1.82, 2.24) is 15.2 Å². The molecule has 0 bridgehead atoms. The zero-order valence-electron chi connectivity index (χ0n) is 14.3. The summed E-state index contributed by atoms with van der Waals surface area (Å²) < 4.78 is 5.62. The summed E-state index contributed by atoms with van der Waals surface area (Å²) in [4.78, 5) is 30.5. The van der Waals surface area contributed by atoms with Gasteiger partial charge in [-0.2, -0.15) is 0 Å². The average Bonchev–Trinajstić information content (AvgIpc) is 3.26. The molecule has 1 saturated heterocycles. The lowest BCUT2D eigenvalue weighted by Gasteiger charge is -2.35. The molecule has 1 fully saturated rings. The van der Waals surface area contributed by atoms with Crippen molar-refractivity contribution in [3.8, 4) is 0 Å². The predicted octanol–water partition coefficient (Wildman–Crippen LogP) is 1.48. The first-order chi connectivity index (χ1) is 13.0. The minimum absolute atomic E-state index is 0.186. The summed E-state index contributed by atoms with van der Waals surface area (Å²) in [5.41, 5.74) is 6.41. The molecule has 9 heteroatoms. The Morgan fingerprint density at radius 2 is 2.15 bits per heavy atom. The second-order valence-corrected chi connectivity index (χ2v) is 7.38. The standard InChI is InChI=1S/C18H18N4O4S/c19-18-21-13(9-27-18)16(24)20-11-6-12(23)8-22(7-11)17(25)15-5-10-3-1-2-4-14(10)26-15/h1-5,9,11-12,23H,6-8H2,(H2,19,21)(H,20,24)/t11-,12+/m0/s1. The van der Waals surface area contributed by atoms with Crippen molar-refractivity contribution in [2.45, 2.75) is 18.6 Å². The number of aromatic nitrogens is 1. The Morgan fingerprint density at radius 3 is 2.89 bits per heavy atom. The second kappa shape index (κ2) is 7.01. The highest BCUT2D eigenvalue weighted by Crippen LogP contribution is 2.22. The van der Waals surface area contributed by atoms with Crippen LogP contribution in [-0.2, 0) is 0 Å². The van der Waals surface area contributed by atoms with Gasteiger partial charge in [0.25, 0.3) is 11.8 Å². The number of hydrogen-bond donors (Lipinski definition) is 3. The Balaban J connectivity index is 1.48. The first-order valence-electron chi connectivity index (χ1n) is 8.47. The van der Waals surface area contributed by atoms with Crippen LogP contribution < -0.4 is 11.1 Å². The number of rotatable bonds is 3. The van der Waals surface area contributed by atoms with Gasteiger partial charge in [0.2, 0.25) is 0 Å². The molecule has 4 rings (SSSR count). The molecule has 2 atom stereocenters. The van der Waals surface area contributed by atoms with Crippen LogP contribution in [0.15, 0.2) is 40.1 Å². The third-order valence-corrected chi connectivity index (χ3v) is 5.12. The molecular formula is C18H18N4O4S. The predicted molar refractivity (Wildman–Crippen MR) is 101 cm³/mol. The molecule has 3 heterocycles.